The molecule has 2 aromatic carbocycles. The zero-order valence-electron chi connectivity index (χ0n) is 14.5. The van der Waals surface area contributed by atoms with Crippen molar-refractivity contribution in [1.82, 2.24) is 4.98 Å². The minimum Gasteiger partial charge on any atom is -0.441 e. The third-order valence-corrected chi connectivity index (χ3v) is 4.70. The van der Waals surface area contributed by atoms with E-state index in [-0.39, 0.29) is 18.1 Å². The number of benzene rings is 2. The number of halogens is 1. The molecule has 1 aromatic heterocycles. The number of carbonyl (C=O) groups is 1. The lowest BCUT2D eigenvalue weighted by molar-refractivity contribution is -0.118. The molecule has 4 rings (SSSR count). The molecule has 3 aromatic rings. The molecule has 0 aliphatic carbocycles. The van der Waals surface area contributed by atoms with E-state index in [1.54, 1.807) is 17.9 Å². The number of para-hydroxylation sites is 1. The van der Waals surface area contributed by atoms with Gasteiger partial charge in [-0.25, -0.2) is 9.37 Å². The van der Waals surface area contributed by atoms with Crippen molar-refractivity contribution in [1.29, 1.82) is 0 Å². The minimum atomic E-state index is -0.350. The fraction of sp³-hybridized carbons (Fsp3) is 0.238. The summed E-state index contributed by atoms with van der Waals surface area (Å²) in [7, 11) is 0. The molecule has 0 fully saturated rings. The Labute approximate surface area is 151 Å². The van der Waals surface area contributed by atoms with Crippen LogP contribution in [0.3, 0.4) is 0 Å². The largest absolute Gasteiger partial charge is 0.441 e. The molecule has 26 heavy (non-hydrogen) atoms. The van der Waals surface area contributed by atoms with Crippen LogP contribution < -0.4 is 4.90 Å². The van der Waals surface area contributed by atoms with E-state index in [1.165, 1.54) is 6.07 Å². The number of aryl methyl sites for hydroxylation is 2. The number of hydrogen-bond acceptors (Lipinski definition) is 3. The second kappa shape index (κ2) is 6.75. The Morgan fingerprint density at radius 3 is 2.81 bits per heavy atom. The van der Waals surface area contributed by atoms with Gasteiger partial charge in [0.25, 0.3) is 0 Å². The normalized spacial score (nSPS) is 13.5. The highest BCUT2D eigenvalue weighted by molar-refractivity contribution is 5.96. The predicted molar refractivity (Wildman–Crippen MR) is 97.5 cm³/mol. The monoisotopic (exact) mass is 350 g/mol. The Morgan fingerprint density at radius 2 is 2.00 bits per heavy atom. The number of rotatable bonds is 3. The predicted octanol–water partition coefficient (Wildman–Crippen LogP) is 4.31. The third kappa shape index (κ3) is 3.01. The summed E-state index contributed by atoms with van der Waals surface area (Å²) < 4.78 is 20.0. The van der Waals surface area contributed by atoms with Gasteiger partial charge >= 0.3 is 0 Å². The van der Waals surface area contributed by atoms with Crippen LogP contribution in [0.15, 0.2) is 52.9 Å². The van der Waals surface area contributed by atoms with Crippen molar-refractivity contribution in [3.8, 4) is 11.5 Å². The fourth-order valence-corrected chi connectivity index (χ4v) is 3.39. The topological polar surface area (TPSA) is 46.3 Å². The van der Waals surface area contributed by atoms with E-state index in [1.807, 2.05) is 36.4 Å². The minimum absolute atomic E-state index is 0.0932. The molecule has 4 nitrogen and oxygen atoms in total. The van der Waals surface area contributed by atoms with Crippen molar-refractivity contribution in [2.45, 2.75) is 26.2 Å². The van der Waals surface area contributed by atoms with Gasteiger partial charge in [-0.1, -0.05) is 30.3 Å². The van der Waals surface area contributed by atoms with Gasteiger partial charge in [-0.2, -0.15) is 0 Å². The van der Waals surface area contributed by atoms with Gasteiger partial charge in [0, 0.05) is 12.1 Å². The van der Waals surface area contributed by atoms with Crippen LogP contribution in [0.2, 0.25) is 0 Å². The molecule has 0 spiro atoms. The van der Waals surface area contributed by atoms with Gasteiger partial charge in [0.05, 0.1) is 17.8 Å². The summed E-state index contributed by atoms with van der Waals surface area (Å²) in [6.07, 6.45) is 1.71. The van der Waals surface area contributed by atoms with Crippen molar-refractivity contribution in [2.75, 3.05) is 11.4 Å². The Hall–Kier alpha value is -2.95. The first-order valence-electron chi connectivity index (χ1n) is 8.73. The molecule has 0 saturated carbocycles. The lowest BCUT2D eigenvalue weighted by atomic mass is 10.0. The maximum atomic E-state index is 14.3. The van der Waals surface area contributed by atoms with Crippen LogP contribution in [-0.2, 0) is 17.6 Å². The van der Waals surface area contributed by atoms with E-state index < -0.39 is 0 Å². The molecule has 0 atom stereocenters. The number of aromatic nitrogens is 1. The molecule has 2 heterocycles. The molecule has 0 radical (unpaired) electrons. The molecule has 0 saturated heterocycles. The van der Waals surface area contributed by atoms with Crippen LogP contribution in [0.1, 0.15) is 23.4 Å². The van der Waals surface area contributed by atoms with Crippen molar-refractivity contribution >= 4 is 11.6 Å². The lowest BCUT2D eigenvalue weighted by Crippen LogP contribution is -2.37. The van der Waals surface area contributed by atoms with E-state index in [2.05, 4.69) is 4.98 Å². The number of anilines is 1. The van der Waals surface area contributed by atoms with Crippen molar-refractivity contribution in [2.24, 2.45) is 0 Å². The molecule has 0 unspecified atom stereocenters. The van der Waals surface area contributed by atoms with E-state index >= 15 is 0 Å². The molecule has 132 valence electrons. The summed E-state index contributed by atoms with van der Waals surface area (Å²) in [5.74, 6) is 0.601. The van der Waals surface area contributed by atoms with Crippen LogP contribution in [0.25, 0.3) is 11.5 Å². The van der Waals surface area contributed by atoms with Crippen LogP contribution in [0.4, 0.5) is 10.1 Å². The van der Waals surface area contributed by atoms with Gasteiger partial charge in [-0.05, 0) is 43.5 Å². The molecule has 0 bridgehead atoms. The van der Waals surface area contributed by atoms with E-state index in [4.69, 9.17) is 4.42 Å². The number of hydrogen-bond donors (Lipinski definition) is 0. The Morgan fingerprint density at radius 1 is 1.19 bits per heavy atom. The van der Waals surface area contributed by atoms with Crippen LogP contribution in [-0.4, -0.2) is 17.4 Å². The van der Waals surface area contributed by atoms with Gasteiger partial charge in [0.1, 0.15) is 11.6 Å². The summed E-state index contributed by atoms with van der Waals surface area (Å²) in [4.78, 5) is 18.9. The molecular weight excluding hydrogens is 331 g/mol. The number of nitrogens with zero attached hydrogens (tertiary/aromatic N) is 2. The summed E-state index contributed by atoms with van der Waals surface area (Å²) in [5.41, 5.74) is 2.75. The highest BCUT2D eigenvalue weighted by Crippen LogP contribution is 2.31. The molecule has 0 N–H and O–H groups in total. The maximum Gasteiger partial charge on any atom is 0.233 e. The van der Waals surface area contributed by atoms with E-state index in [0.29, 0.717) is 29.6 Å². The van der Waals surface area contributed by atoms with Gasteiger partial charge in [0.15, 0.2) is 0 Å². The van der Waals surface area contributed by atoms with Crippen molar-refractivity contribution in [3.63, 3.8) is 0 Å². The molecule has 5 heteroatoms. The number of amides is 1. The van der Waals surface area contributed by atoms with Crippen LogP contribution in [0.5, 0.6) is 0 Å². The van der Waals surface area contributed by atoms with Gasteiger partial charge in [-0.3, -0.25) is 4.79 Å². The number of carbonyl (C=O) groups excluding carboxylic acids is 1. The highest BCUT2D eigenvalue weighted by atomic mass is 19.1. The maximum absolute atomic E-state index is 14.3. The van der Waals surface area contributed by atoms with E-state index in [9.17, 15) is 9.18 Å². The molecular formula is C21H19FN2O2. The summed E-state index contributed by atoms with van der Waals surface area (Å²) in [6, 6.07) is 14.5. The Balaban J connectivity index is 1.60. The third-order valence-electron chi connectivity index (χ3n) is 4.70. The average molecular weight is 350 g/mol. The van der Waals surface area contributed by atoms with Gasteiger partial charge in [0.2, 0.25) is 11.8 Å². The quantitative estimate of drug-likeness (QED) is 0.707. The van der Waals surface area contributed by atoms with Crippen LogP contribution >= 0.6 is 0 Å². The number of oxazole rings is 1. The first-order chi connectivity index (χ1) is 12.6. The van der Waals surface area contributed by atoms with Gasteiger partial charge in [-0.15, -0.1) is 0 Å². The van der Waals surface area contributed by atoms with Crippen molar-refractivity contribution in [3.05, 3.63) is 71.4 Å². The highest BCUT2D eigenvalue weighted by Gasteiger charge is 2.27. The zero-order valence-corrected chi connectivity index (χ0v) is 14.5. The Kier molecular flexibility index (Phi) is 4.29. The molecule has 1 aliphatic heterocycles. The standard InChI is InChI=1S/C21H19FN2O2/c1-14-18(23-21(26-14)16-7-3-2-4-8-16)13-19(25)24-12-6-10-15-9-5-11-17(22)20(15)24/h2-5,7-9,11H,6,10,12-13H2,1H3. The second-order valence-electron chi connectivity index (χ2n) is 6.46. The summed E-state index contributed by atoms with van der Waals surface area (Å²) in [6.45, 7) is 2.32. The summed E-state index contributed by atoms with van der Waals surface area (Å²) >= 11 is 0. The average Bonchev–Trinajstić information content (AvgIpc) is 3.03. The number of fused-ring (bicyclic) bond motifs is 1. The second-order valence-corrected chi connectivity index (χ2v) is 6.46. The van der Waals surface area contributed by atoms with Crippen molar-refractivity contribution < 1.29 is 13.6 Å². The smallest absolute Gasteiger partial charge is 0.233 e. The van der Waals surface area contributed by atoms with E-state index in [0.717, 1.165) is 24.0 Å². The van der Waals surface area contributed by atoms with Crippen LogP contribution in [0, 0.1) is 12.7 Å². The summed E-state index contributed by atoms with van der Waals surface area (Å²) in [5, 5.41) is 0. The zero-order chi connectivity index (χ0) is 18.1. The fourth-order valence-electron chi connectivity index (χ4n) is 3.39. The first-order valence-corrected chi connectivity index (χ1v) is 8.73. The SMILES string of the molecule is Cc1oc(-c2ccccc2)nc1CC(=O)N1CCCc2cccc(F)c21. The first kappa shape index (κ1) is 16.5. The molecule has 1 aliphatic rings. The van der Waals surface area contributed by atoms with Gasteiger partial charge < -0.3 is 9.32 Å². The molecule has 1 amide bonds. The lowest BCUT2D eigenvalue weighted by Gasteiger charge is -2.29. The Bertz CT molecular complexity index is 950.